The summed E-state index contributed by atoms with van der Waals surface area (Å²) >= 11 is 0. The molecule has 25 heavy (non-hydrogen) atoms. The lowest BCUT2D eigenvalue weighted by molar-refractivity contribution is -0.122. The first-order valence-electron chi connectivity index (χ1n) is 9.33. The van der Waals surface area contributed by atoms with Gasteiger partial charge in [0.25, 0.3) is 0 Å². The Hall–Kier alpha value is -1.73. The van der Waals surface area contributed by atoms with Crippen molar-refractivity contribution in [3.63, 3.8) is 0 Å². The summed E-state index contributed by atoms with van der Waals surface area (Å²) in [4.78, 5) is 30.4. The standard InChI is InChI=1S/C18H26N4O3/c23-17(12-21-7-1-6-19-18(21)24)20-16-11-22(10-15(16)13-2-3-13)14-4-8-25-9-5-14/h1,6-7,13-16H,2-5,8-12H2,(H,20,23)/t15-,16+/m1/s1. The zero-order valence-electron chi connectivity index (χ0n) is 14.5. The molecule has 136 valence electrons. The van der Waals surface area contributed by atoms with Gasteiger partial charge in [-0.25, -0.2) is 9.78 Å². The predicted octanol–water partition coefficient (Wildman–Crippen LogP) is 0.249. The summed E-state index contributed by atoms with van der Waals surface area (Å²) in [7, 11) is 0. The van der Waals surface area contributed by atoms with Crippen LogP contribution in [0.1, 0.15) is 25.7 Å². The Balaban J connectivity index is 1.38. The number of hydrogen-bond acceptors (Lipinski definition) is 5. The average molecular weight is 346 g/mol. The molecule has 0 radical (unpaired) electrons. The smallest absolute Gasteiger partial charge is 0.347 e. The summed E-state index contributed by atoms with van der Waals surface area (Å²) in [5.41, 5.74) is -0.383. The van der Waals surface area contributed by atoms with Gasteiger partial charge < -0.3 is 10.1 Å². The van der Waals surface area contributed by atoms with E-state index in [0.717, 1.165) is 45.1 Å². The van der Waals surface area contributed by atoms with Crippen LogP contribution in [0.3, 0.4) is 0 Å². The van der Waals surface area contributed by atoms with Crippen LogP contribution in [0.25, 0.3) is 0 Å². The fourth-order valence-electron chi connectivity index (χ4n) is 4.28. The highest BCUT2D eigenvalue weighted by Crippen LogP contribution is 2.42. The molecule has 4 rings (SSSR count). The van der Waals surface area contributed by atoms with E-state index in [1.165, 1.54) is 23.6 Å². The van der Waals surface area contributed by atoms with Crippen molar-refractivity contribution in [3.05, 3.63) is 28.9 Å². The minimum atomic E-state index is -0.383. The third-order valence-corrected chi connectivity index (χ3v) is 5.77. The predicted molar refractivity (Wildman–Crippen MR) is 92.1 cm³/mol. The minimum Gasteiger partial charge on any atom is -0.381 e. The molecule has 2 atom stereocenters. The molecule has 0 aromatic carbocycles. The molecule has 0 spiro atoms. The highest BCUT2D eigenvalue weighted by atomic mass is 16.5. The number of hydrogen-bond donors (Lipinski definition) is 1. The molecule has 1 amide bonds. The van der Waals surface area contributed by atoms with Crippen molar-refractivity contribution in [2.75, 3.05) is 26.3 Å². The molecule has 1 aliphatic carbocycles. The number of amides is 1. The van der Waals surface area contributed by atoms with Crippen LogP contribution in [0.4, 0.5) is 0 Å². The third kappa shape index (κ3) is 3.93. The first-order valence-corrected chi connectivity index (χ1v) is 9.33. The summed E-state index contributed by atoms with van der Waals surface area (Å²) in [6, 6.07) is 2.44. The summed E-state index contributed by atoms with van der Waals surface area (Å²) in [5.74, 6) is 1.19. The molecule has 1 N–H and O–H groups in total. The van der Waals surface area contributed by atoms with Crippen molar-refractivity contribution in [2.24, 2.45) is 11.8 Å². The number of nitrogens with one attached hydrogen (secondary N) is 1. The summed E-state index contributed by atoms with van der Waals surface area (Å²) in [6.07, 6.45) is 7.78. The van der Waals surface area contributed by atoms with Crippen LogP contribution in [0, 0.1) is 11.8 Å². The van der Waals surface area contributed by atoms with Crippen molar-refractivity contribution in [1.29, 1.82) is 0 Å². The van der Waals surface area contributed by atoms with Gasteiger partial charge in [0.1, 0.15) is 6.54 Å². The van der Waals surface area contributed by atoms with Crippen LogP contribution in [0.5, 0.6) is 0 Å². The highest BCUT2D eigenvalue weighted by molar-refractivity contribution is 5.76. The van der Waals surface area contributed by atoms with Gasteiger partial charge in [-0.05, 0) is 43.6 Å². The van der Waals surface area contributed by atoms with E-state index in [4.69, 9.17) is 4.74 Å². The molecule has 3 aliphatic rings. The summed E-state index contributed by atoms with van der Waals surface area (Å²) in [6.45, 7) is 3.72. The Labute approximate surface area is 147 Å². The van der Waals surface area contributed by atoms with Gasteiger partial charge in [-0.1, -0.05) is 0 Å². The van der Waals surface area contributed by atoms with E-state index in [1.807, 2.05) is 0 Å². The number of ether oxygens (including phenoxy) is 1. The van der Waals surface area contributed by atoms with Gasteiger partial charge in [-0.3, -0.25) is 14.3 Å². The fourth-order valence-corrected chi connectivity index (χ4v) is 4.28. The molecule has 7 heteroatoms. The Morgan fingerprint density at radius 3 is 2.76 bits per heavy atom. The number of nitrogens with zero attached hydrogens (tertiary/aromatic N) is 3. The van der Waals surface area contributed by atoms with Crippen LogP contribution in [-0.4, -0.2) is 58.7 Å². The molecular weight excluding hydrogens is 320 g/mol. The molecule has 3 fully saturated rings. The SMILES string of the molecule is O=C(Cn1cccnc1=O)N[C@H]1CN(C2CCOCC2)C[C@@H]1C1CC1. The Kier molecular flexibility index (Phi) is 4.85. The Morgan fingerprint density at radius 2 is 2.04 bits per heavy atom. The maximum Gasteiger partial charge on any atom is 0.347 e. The maximum absolute atomic E-state index is 12.5. The largest absolute Gasteiger partial charge is 0.381 e. The van der Waals surface area contributed by atoms with E-state index < -0.39 is 0 Å². The Morgan fingerprint density at radius 1 is 1.24 bits per heavy atom. The number of carbonyl (C=O) groups is 1. The molecule has 0 bridgehead atoms. The minimum absolute atomic E-state index is 0.0395. The lowest BCUT2D eigenvalue weighted by Crippen LogP contribution is -2.44. The summed E-state index contributed by atoms with van der Waals surface area (Å²) in [5, 5.41) is 3.20. The first-order chi connectivity index (χ1) is 12.2. The van der Waals surface area contributed by atoms with E-state index in [0.29, 0.717) is 12.0 Å². The molecule has 0 unspecified atom stereocenters. The molecule has 1 aromatic heterocycles. The van der Waals surface area contributed by atoms with Crippen LogP contribution < -0.4 is 11.0 Å². The molecule has 1 aromatic rings. The van der Waals surface area contributed by atoms with Gasteiger partial charge in [-0.15, -0.1) is 0 Å². The topological polar surface area (TPSA) is 76.5 Å². The van der Waals surface area contributed by atoms with E-state index in [2.05, 4.69) is 15.2 Å². The number of carbonyl (C=O) groups excluding carboxylic acids is 1. The van der Waals surface area contributed by atoms with Crippen LogP contribution in [0.15, 0.2) is 23.3 Å². The molecular formula is C18H26N4O3. The average Bonchev–Trinajstić information content (AvgIpc) is 3.39. The maximum atomic E-state index is 12.5. The molecule has 3 heterocycles. The van der Waals surface area contributed by atoms with Crippen LogP contribution >= 0.6 is 0 Å². The quantitative estimate of drug-likeness (QED) is 0.827. The molecule has 1 saturated carbocycles. The van der Waals surface area contributed by atoms with Gasteiger partial charge >= 0.3 is 5.69 Å². The zero-order valence-corrected chi connectivity index (χ0v) is 14.5. The van der Waals surface area contributed by atoms with Gasteiger partial charge in [0.15, 0.2) is 0 Å². The van der Waals surface area contributed by atoms with Crippen LogP contribution in [-0.2, 0) is 16.1 Å². The van der Waals surface area contributed by atoms with Crippen molar-refractivity contribution in [1.82, 2.24) is 19.8 Å². The van der Waals surface area contributed by atoms with Gasteiger partial charge in [0.2, 0.25) is 5.91 Å². The number of likely N-dealkylation sites (tertiary alicyclic amines) is 1. The first kappa shape index (κ1) is 16.7. The van der Waals surface area contributed by atoms with Gasteiger partial charge in [0.05, 0.1) is 0 Å². The van der Waals surface area contributed by atoms with Crippen LogP contribution in [0.2, 0.25) is 0 Å². The lowest BCUT2D eigenvalue weighted by Gasteiger charge is -2.31. The van der Waals surface area contributed by atoms with Crippen molar-refractivity contribution >= 4 is 5.91 Å². The molecule has 2 saturated heterocycles. The second kappa shape index (κ2) is 7.25. The molecule has 7 nitrogen and oxygen atoms in total. The highest BCUT2D eigenvalue weighted by Gasteiger charge is 2.44. The third-order valence-electron chi connectivity index (χ3n) is 5.77. The fraction of sp³-hybridized carbons (Fsp3) is 0.722. The number of aromatic nitrogens is 2. The van der Waals surface area contributed by atoms with E-state index in [1.54, 1.807) is 12.3 Å². The van der Waals surface area contributed by atoms with E-state index in [-0.39, 0.29) is 24.2 Å². The van der Waals surface area contributed by atoms with E-state index >= 15 is 0 Å². The van der Waals surface area contributed by atoms with Crippen molar-refractivity contribution < 1.29 is 9.53 Å². The monoisotopic (exact) mass is 346 g/mol. The Bertz CT molecular complexity index is 666. The van der Waals surface area contributed by atoms with Crippen molar-refractivity contribution in [3.8, 4) is 0 Å². The summed E-state index contributed by atoms with van der Waals surface area (Å²) < 4.78 is 6.83. The second-order valence-corrected chi connectivity index (χ2v) is 7.50. The zero-order chi connectivity index (χ0) is 17.2. The van der Waals surface area contributed by atoms with Crippen molar-refractivity contribution in [2.45, 2.75) is 44.3 Å². The second-order valence-electron chi connectivity index (χ2n) is 7.50. The number of rotatable bonds is 5. The van der Waals surface area contributed by atoms with Gasteiger partial charge in [0, 0.05) is 50.8 Å². The normalized spacial score (nSPS) is 28.2. The van der Waals surface area contributed by atoms with E-state index in [9.17, 15) is 9.59 Å². The lowest BCUT2D eigenvalue weighted by atomic mass is 9.98. The van der Waals surface area contributed by atoms with Gasteiger partial charge in [-0.2, -0.15) is 0 Å². The molecule has 2 aliphatic heterocycles.